The van der Waals surface area contributed by atoms with E-state index >= 15 is 0 Å². The molecule has 1 aromatic carbocycles. The van der Waals surface area contributed by atoms with Gasteiger partial charge in [-0.15, -0.1) is 0 Å². The SMILES string of the molecule is CCC1Oc2cc(C)ccc2CC1C(=O)O. The lowest BCUT2D eigenvalue weighted by Crippen LogP contribution is -2.37. The zero-order valence-electron chi connectivity index (χ0n) is 9.56. The van der Waals surface area contributed by atoms with Gasteiger partial charge in [0.2, 0.25) is 0 Å². The molecule has 1 N–H and O–H groups in total. The largest absolute Gasteiger partial charge is 0.489 e. The van der Waals surface area contributed by atoms with E-state index in [1.165, 1.54) is 0 Å². The van der Waals surface area contributed by atoms with Gasteiger partial charge in [-0.05, 0) is 37.0 Å². The van der Waals surface area contributed by atoms with E-state index in [4.69, 9.17) is 9.84 Å². The Hall–Kier alpha value is -1.51. The molecule has 0 spiro atoms. The van der Waals surface area contributed by atoms with Gasteiger partial charge in [0.15, 0.2) is 0 Å². The number of hydrogen-bond acceptors (Lipinski definition) is 2. The number of hydrogen-bond donors (Lipinski definition) is 1. The minimum Gasteiger partial charge on any atom is -0.489 e. The van der Waals surface area contributed by atoms with Crippen LogP contribution in [0.25, 0.3) is 0 Å². The summed E-state index contributed by atoms with van der Waals surface area (Å²) in [5, 5.41) is 9.14. The summed E-state index contributed by atoms with van der Waals surface area (Å²) in [6.45, 7) is 3.97. The average Bonchev–Trinajstić information content (AvgIpc) is 2.26. The number of rotatable bonds is 2. The molecule has 0 aromatic heterocycles. The van der Waals surface area contributed by atoms with E-state index < -0.39 is 11.9 Å². The summed E-state index contributed by atoms with van der Waals surface area (Å²) >= 11 is 0. The lowest BCUT2D eigenvalue weighted by atomic mass is 9.89. The standard InChI is InChI=1S/C13H16O3/c1-3-11-10(13(14)15)7-9-5-4-8(2)6-12(9)16-11/h4-6,10-11H,3,7H2,1-2H3,(H,14,15). The highest BCUT2D eigenvalue weighted by Crippen LogP contribution is 2.32. The van der Waals surface area contributed by atoms with Crippen LogP contribution in [0.4, 0.5) is 0 Å². The molecule has 1 heterocycles. The molecule has 0 saturated heterocycles. The van der Waals surface area contributed by atoms with Crippen LogP contribution >= 0.6 is 0 Å². The van der Waals surface area contributed by atoms with Gasteiger partial charge in [-0.3, -0.25) is 4.79 Å². The maximum Gasteiger partial charge on any atom is 0.310 e. The lowest BCUT2D eigenvalue weighted by molar-refractivity contribution is -0.145. The van der Waals surface area contributed by atoms with Crippen molar-refractivity contribution in [2.24, 2.45) is 5.92 Å². The maximum absolute atomic E-state index is 11.1. The highest BCUT2D eigenvalue weighted by atomic mass is 16.5. The third kappa shape index (κ3) is 1.90. The van der Waals surface area contributed by atoms with E-state index in [1.54, 1.807) is 0 Å². The number of benzene rings is 1. The van der Waals surface area contributed by atoms with E-state index in [1.807, 2.05) is 32.0 Å². The van der Waals surface area contributed by atoms with Crippen molar-refractivity contribution in [3.05, 3.63) is 29.3 Å². The van der Waals surface area contributed by atoms with Crippen molar-refractivity contribution in [3.63, 3.8) is 0 Å². The number of fused-ring (bicyclic) bond motifs is 1. The Morgan fingerprint density at radius 2 is 2.31 bits per heavy atom. The molecule has 0 fully saturated rings. The van der Waals surface area contributed by atoms with Crippen molar-refractivity contribution < 1.29 is 14.6 Å². The Bertz CT molecular complexity index is 412. The molecule has 2 rings (SSSR count). The monoisotopic (exact) mass is 220 g/mol. The summed E-state index contributed by atoms with van der Waals surface area (Å²) in [5.41, 5.74) is 2.14. The van der Waals surface area contributed by atoms with E-state index in [2.05, 4.69) is 0 Å². The van der Waals surface area contributed by atoms with Crippen LogP contribution in [0.2, 0.25) is 0 Å². The van der Waals surface area contributed by atoms with Crippen molar-refractivity contribution in [1.29, 1.82) is 0 Å². The van der Waals surface area contributed by atoms with Crippen molar-refractivity contribution in [1.82, 2.24) is 0 Å². The molecule has 2 unspecified atom stereocenters. The Labute approximate surface area is 95.0 Å². The second-order valence-corrected chi connectivity index (χ2v) is 4.32. The Morgan fingerprint density at radius 3 is 2.94 bits per heavy atom. The molecule has 16 heavy (non-hydrogen) atoms. The Kier molecular flexibility index (Phi) is 2.86. The minimum absolute atomic E-state index is 0.202. The second-order valence-electron chi connectivity index (χ2n) is 4.32. The number of carboxylic acids is 1. The van der Waals surface area contributed by atoms with Crippen LogP contribution in [-0.4, -0.2) is 17.2 Å². The summed E-state index contributed by atoms with van der Waals surface area (Å²) in [7, 11) is 0. The van der Waals surface area contributed by atoms with Crippen LogP contribution in [0, 0.1) is 12.8 Å². The number of aliphatic carboxylic acids is 1. The summed E-state index contributed by atoms with van der Waals surface area (Å²) in [5.74, 6) is -0.331. The first-order valence-corrected chi connectivity index (χ1v) is 5.60. The van der Waals surface area contributed by atoms with Gasteiger partial charge in [0, 0.05) is 0 Å². The van der Waals surface area contributed by atoms with Crippen LogP contribution in [0.5, 0.6) is 5.75 Å². The lowest BCUT2D eigenvalue weighted by Gasteiger charge is -2.30. The van der Waals surface area contributed by atoms with E-state index in [9.17, 15) is 4.79 Å². The van der Waals surface area contributed by atoms with Crippen LogP contribution in [0.1, 0.15) is 24.5 Å². The molecule has 0 aliphatic carbocycles. The predicted molar refractivity (Wildman–Crippen MR) is 60.7 cm³/mol. The number of carboxylic acid groups (broad SMARTS) is 1. The van der Waals surface area contributed by atoms with Gasteiger partial charge in [0.1, 0.15) is 11.9 Å². The third-order valence-corrected chi connectivity index (χ3v) is 3.11. The quantitative estimate of drug-likeness (QED) is 0.832. The fourth-order valence-corrected chi connectivity index (χ4v) is 2.17. The normalized spacial score (nSPS) is 23.4. The molecule has 1 aliphatic rings. The molecule has 1 aliphatic heterocycles. The van der Waals surface area contributed by atoms with Crippen molar-refractivity contribution in [2.45, 2.75) is 32.8 Å². The topological polar surface area (TPSA) is 46.5 Å². The molecule has 86 valence electrons. The second kappa shape index (κ2) is 4.16. The van der Waals surface area contributed by atoms with Gasteiger partial charge in [0.25, 0.3) is 0 Å². The average molecular weight is 220 g/mol. The molecule has 3 heteroatoms. The summed E-state index contributed by atoms with van der Waals surface area (Å²) in [6, 6.07) is 5.94. The van der Waals surface area contributed by atoms with Gasteiger partial charge in [-0.1, -0.05) is 19.1 Å². The maximum atomic E-state index is 11.1. The van der Waals surface area contributed by atoms with E-state index in [0.717, 1.165) is 23.3 Å². The number of aryl methyl sites for hydroxylation is 1. The van der Waals surface area contributed by atoms with Crippen LogP contribution in [0.15, 0.2) is 18.2 Å². The smallest absolute Gasteiger partial charge is 0.310 e. The molecule has 1 aromatic rings. The highest BCUT2D eigenvalue weighted by molar-refractivity contribution is 5.72. The fraction of sp³-hybridized carbons (Fsp3) is 0.462. The van der Waals surface area contributed by atoms with Gasteiger partial charge in [0.05, 0.1) is 5.92 Å². The zero-order valence-corrected chi connectivity index (χ0v) is 9.56. The first-order chi connectivity index (χ1) is 7.61. The number of ether oxygens (including phenoxy) is 1. The van der Waals surface area contributed by atoms with Gasteiger partial charge >= 0.3 is 5.97 Å². The van der Waals surface area contributed by atoms with Crippen LogP contribution in [-0.2, 0) is 11.2 Å². The number of carbonyl (C=O) groups is 1. The minimum atomic E-state index is -0.766. The van der Waals surface area contributed by atoms with Crippen molar-refractivity contribution in [3.8, 4) is 5.75 Å². The van der Waals surface area contributed by atoms with E-state index in [0.29, 0.717) is 6.42 Å². The molecule has 2 atom stereocenters. The highest BCUT2D eigenvalue weighted by Gasteiger charge is 2.33. The molecule has 3 nitrogen and oxygen atoms in total. The molecular formula is C13H16O3. The van der Waals surface area contributed by atoms with Crippen LogP contribution < -0.4 is 4.74 Å². The fourth-order valence-electron chi connectivity index (χ4n) is 2.17. The molecule has 0 bridgehead atoms. The molecule has 0 amide bonds. The third-order valence-electron chi connectivity index (χ3n) is 3.11. The molecule has 0 radical (unpaired) electrons. The summed E-state index contributed by atoms with van der Waals surface area (Å²) in [6.07, 6.45) is 1.10. The van der Waals surface area contributed by atoms with E-state index in [-0.39, 0.29) is 6.10 Å². The molecular weight excluding hydrogens is 204 g/mol. The van der Waals surface area contributed by atoms with Crippen molar-refractivity contribution in [2.75, 3.05) is 0 Å². The predicted octanol–water partition coefficient (Wildman–Crippen LogP) is 2.41. The first-order valence-electron chi connectivity index (χ1n) is 5.60. The van der Waals surface area contributed by atoms with Crippen molar-refractivity contribution >= 4 is 5.97 Å². The van der Waals surface area contributed by atoms with Gasteiger partial charge in [-0.2, -0.15) is 0 Å². The van der Waals surface area contributed by atoms with Gasteiger partial charge < -0.3 is 9.84 Å². The van der Waals surface area contributed by atoms with Gasteiger partial charge in [-0.25, -0.2) is 0 Å². The Balaban J connectivity index is 2.33. The molecule has 0 saturated carbocycles. The Morgan fingerprint density at radius 1 is 1.56 bits per heavy atom. The summed E-state index contributed by atoms with van der Waals surface area (Å²) in [4.78, 5) is 11.1. The first kappa shape index (κ1) is 11.0. The zero-order chi connectivity index (χ0) is 11.7. The summed E-state index contributed by atoms with van der Waals surface area (Å²) < 4.78 is 5.76. The van der Waals surface area contributed by atoms with Crippen LogP contribution in [0.3, 0.4) is 0 Å².